The van der Waals surface area contributed by atoms with Gasteiger partial charge in [0.15, 0.2) is 0 Å². The third-order valence-electron chi connectivity index (χ3n) is 3.56. The summed E-state index contributed by atoms with van der Waals surface area (Å²) in [6, 6.07) is 6.82. The highest BCUT2D eigenvalue weighted by molar-refractivity contribution is 7.92. The number of hydrogen-bond acceptors (Lipinski definition) is 4. The molecule has 122 valence electrons. The van der Waals surface area contributed by atoms with Crippen LogP contribution in [0.5, 0.6) is 0 Å². The molecule has 3 N–H and O–H groups in total. The molecule has 1 aliphatic rings. The minimum Gasteiger partial charge on any atom is -0.350 e. The van der Waals surface area contributed by atoms with Crippen molar-refractivity contribution >= 4 is 21.6 Å². The van der Waals surface area contributed by atoms with Crippen LogP contribution >= 0.6 is 0 Å². The van der Waals surface area contributed by atoms with E-state index in [9.17, 15) is 13.2 Å². The summed E-state index contributed by atoms with van der Waals surface area (Å²) < 4.78 is 25.8. The minimum absolute atomic E-state index is 0.0869. The van der Waals surface area contributed by atoms with Gasteiger partial charge < -0.3 is 10.6 Å². The van der Waals surface area contributed by atoms with Gasteiger partial charge in [-0.15, -0.1) is 0 Å². The van der Waals surface area contributed by atoms with Gasteiger partial charge in [0.05, 0.1) is 5.75 Å². The van der Waals surface area contributed by atoms with Gasteiger partial charge in [0.2, 0.25) is 10.0 Å². The van der Waals surface area contributed by atoms with Gasteiger partial charge in [-0.1, -0.05) is 6.92 Å². The second-order valence-electron chi connectivity index (χ2n) is 5.50. The van der Waals surface area contributed by atoms with Gasteiger partial charge in [-0.2, -0.15) is 0 Å². The Morgan fingerprint density at radius 2 is 2.05 bits per heavy atom. The lowest BCUT2D eigenvalue weighted by Crippen LogP contribution is -2.37. The van der Waals surface area contributed by atoms with Crippen LogP contribution in [0.25, 0.3) is 0 Å². The first-order valence-corrected chi connectivity index (χ1v) is 9.27. The highest BCUT2D eigenvalue weighted by Gasteiger charge is 2.15. The molecule has 0 saturated carbocycles. The summed E-state index contributed by atoms with van der Waals surface area (Å²) in [6.45, 7) is 3.43. The second kappa shape index (κ2) is 7.60. The van der Waals surface area contributed by atoms with E-state index in [1.807, 2.05) is 6.92 Å². The monoisotopic (exact) mass is 325 g/mol. The molecule has 1 atom stereocenters. The quantitative estimate of drug-likeness (QED) is 0.705. The van der Waals surface area contributed by atoms with Crippen LogP contribution in [-0.4, -0.2) is 39.2 Å². The van der Waals surface area contributed by atoms with Crippen molar-refractivity contribution in [3.05, 3.63) is 29.8 Å². The molecule has 0 spiro atoms. The normalized spacial score (nSPS) is 18.1. The lowest BCUT2D eigenvalue weighted by atomic mass is 10.2. The van der Waals surface area contributed by atoms with Crippen LogP contribution in [0.1, 0.15) is 36.5 Å². The topological polar surface area (TPSA) is 87.3 Å². The average Bonchev–Trinajstić information content (AvgIpc) is 2.98. The number of carbonyl (C=O) groups is 1. The Hall–Kier alpha value is -1.60. The Balaban J connectivity index is 1.89. The fourth-order valence-corrected chi connectivity index (χ4v) is 3.57. The first-order chi connectivity index (χ1) is 10.5. The molecule has 1 unspecified atom stereocenters. The molecule has 1 aromatic carbocycles. The molecule has 1 aliphatic heterocycles. The number of rotatable bonds is 7. The van der Waals surface area contributed by atoms with Gasteiger partial charge >= 0.3 is 0 Å². The zero-order valence-electron chi connectivity index (χ0n) is 12.8. The van der Waals surface area contributed by atoms with Crippen molar-refractivity contribution in [1.82, 2.24) is 10.6 Å². The van der Waals surface area contributed by atoms with Crippen molar-refractivity contribution < 1.29 is 13.2 Å². The molecule has 2 rings (SSSR count). The van der Waals surface area contributed by atoms with Crippen LogP contribution in [0.3, 0.4) is 0 Å². The first kappa shape index (κ1) is 16.8. The first-order valence-electron chi connectivity index (χ1n) is 7.62. The summed E-state index contributed by atoms with van der Waals surface area (Å²) in [4.78, 5) is 12.0. The van der Waals surface area contributed by atoms with E-state index in [-0.39, 0.29) is 11.7 Å². The van der Waals surface area contributed by atoms with Crippen molar-refractivity contribution in [1.29, 1.82) is 0 Å². The highest BCUT2D eigenvalue weighted by atomic mass is 32.2. The van der Waals surface area contributed by atoms with Crippen LogP contribution in [0.15, 0.2) is 24.3 Å². The maximum absolute atomic E-state index is 12.0. The summed E-state index contributed by atoms with van der Waals surface area (Å²) >= 11 is 0. The third kappa shape index (κ3) is 4.99. The predicted octanol–water partition coefficient (Wildman–Crippen LogP) is 1.32. The van der Waals surface area contributed by atoms with E-state index >= 15 is 0 Å². The number of nitrogens with one attached hydrogen (secondary N) is 3. The predicted molar refractivity (Wildman–Crippen MR) is 87.5 cm³/mol. The van der Waals surface area contributed by atoms with Crippen LogP contribution in [0.2, 0.25) is 0 Å². The number of anilines is 1. The number of amides is 1. The molecule has 6 nitrogen and oxygen atoms in total. The lowest BCUT2D eigenvalue weighted by molar-refractivity contribution is 0.0950. The van der Waals surface area contributed by atoms with Crippen LogP contribution in [0, 0.1) is 0 Å². The van der Waals surface area contributed by atoms with E-state index in [1.165, 1.54) is 0 Å². The van der Waals surface area contributed by atoms with E-state index in [0.29, 0.717) is 30.3 Å². The van der Waals surface area contributed by atoms with Crippen molar-refractivity contribution in [2.24, 2.45) is 0 Å². The summed E-state index contributed by atoms with van der Waals surface area (Å²) in [5.41, 5.74) is 0.999. The van der Waals surface area contributed by atoms with Crippen molar-refractivity contribution in [3.63, 3.8) is 0 Å². The van der Waals surface area contributed by atoms with Gasteiger partial charge in [0, 0.05) is 23.8 Å². The number of benzene rings is 1. The molecule has 0 radical (unpaired) electrons. The van der Waals surface area contributed by atoms with Crippen molar-refractivity contribution in [3.8, 4) is 0 Å². The standard InChI is InChI=1S/C15H23N3O3S/c1-2-10-22(20,21)18-13-7-5-12(6-8-13)15(19)17-11-14-4-3-9-16-14/h5-8,14,16,18H,2-4,9-11H2,1H3,(H,17,19). The largest absolute Gasteiger partial charge is 0.350 e. The summed E-state index contributed by atoms with van der Waals surface area (Å²) in [5, 5.41) is 6.21. The van der Waals surface area contributed by atoms with E-state index in [4.69, 9.17) is 0 Å². The third-order valence-corrected chi connectivity index (χ3v) is 5.06. The molecule has 1 heterocycles. The molecule has 22 heavy (non-hydrogen) atoms. The van der Waals surface area contributed by atoms with Crippen molar-refractivity contribution in [2.75, 3.05) is 23.6 Å². The van der Waals surface area contributed by atoms with E-state index in [2.05, 4.69) is 15.4 Å². The van der Waals surface area contributed by atoms with E-state index in [0.717, 1.165) is 19.4 Å². The van der Waals surface area contributed by atoms with Gasteiger partial charge in [-0.3, -0.25) is 9.52 Å². The Kier molecular flexibility index (Phi) is 5.79. The average molecular weight is 325 g/mol. The molecule has 0 bridgehead atoms. The Labute approximate surface area is 131 Å². The smallest absolute Gasteiger partial charge is 0.251 e. The van der Waals surface area contributed by atoms with Crippen LogP contribution < -0.4 is 15.4 Å². The molecule has 1 fully saturated rings. The van der Waals surface area contributed by atoms with Gasteiger partial charge in [0.1, 0.15) is 0 Å². The maximum atomic E-state index is 12.0. The van der Waals surface area contributed by atoms with E-state index in [1.54, 1.807) is 24.3 Å². The molecular weight excluding hydrogens is 302 g/mol. The minimum atomic E-state index is -3.30. The molecule has 1 aromatic rings. The van der Waals surface area contributed by atoms with Crippen molar-refractivity contribution in [2.45, 2.75) is 32.2 Å². The fourth-order valence-electron chi connectivity index (χ4n) is 2.44. The summed E-state index contributed by atoms with van der Waals surface area (Å²) in [5.74, 6) is -0.0550. The molecule has 1 amide bonds. The van der Waals surface area contributed by atoms with Gasteiger partial charge in [0.25, 0.3) is 5.91 Å². The fraction of sp³-hybridized carbons (Fsp3) is 0.533. The number of hydrogen-bond donors (Lipinski definition) is 3. The number of sulfonamides is 1. The van der Waals surface area contributed by atoms with E-state index < -0.39 is 10.0 Å². The zero-order chi connectivity index (χ0) is 16.0. The molecule has 0 aromatic heterocycles. The second-order valence-corrected chi connectivity index (χ2v) is 7.34. The zero-order valence-corrected chi connectivity index (χ0v) is 13.6. The Bertz CT molecular complexity index is 593. The molecule has 0 aliphatic carbocycles. The maximum Gasteiger partial charge on any atom is 0.251 e. The molecule has 1 saturated heterocycles. The highest BCUT2D eigenvalue weighted by Crippen LogP contribution is 2.12. The Morgan fingerprint density at radius 1 is 1.32 bits per heavy atom. The lowest BCUT2D eigenvalue weighted by Gasteiger charge is -2.12. The summed E-state index contributed by atoms with van der Waals surface area (Å²) in [7, 11) is -3.30. The molecule has 7 heteroatoms. The Morgan fingerprint density at radius 3 is 2.64 bits per heavy atom. The van der Waals surface area contributed by atoms with Gasteiger partial charge in [-0.05, 0) is 50.1 Å². The van der Waals surface area contributed by atoms with Crippen LogP contribution in [-0.2, 0) is 10.0 Å². The molecular formula is C15H23N3O3S. The van der Waals surface area contributed by atoms with Gasteiger partial charge in [-0.25, -0.2) is 8.42 Å². The SMILES string of the molecule is CCCS(=O)(=O)Nc1ccc(C(=O)NCC2CCCN2)cc1. The van der Waals surface area contributed by atoms with Crippen LogP contribution in [0.4, 0.5) is 5.69 Å². The summed E-state index contributed by atoms with van der Waals surface area (Å²) in [6.07, 6.45) is 2.79. The number of carbonyl (C=O) groups excluding carboxylic acids is 1.